The summed E-state index contributed by atoms with van der Waals surface area (Å²) in [5, 5.41) is 8.02. The van der Waals surface area contributed by atoms with Gasteiger partial charge in [-0.2, -0.15) is 4.31 Å². The van der Waals surface area contributed by atoms with E-state index in [4.69, 9.17) is 5.11 Å². The van der Waals surface area contributed by atoms with Gasteiger partial charge in [-0.05, 0) is 52.4 Å². The van der Waals surface area contributed by atoms with Crippen molar-refractivity contribution in [2.75, 3.05) is 0 Å². The summed E-state index contributed by atoms with van der Waals surface area (Å²) in [4.78, 5) is 19.5. The van der Waals surface area contributed by atoms with Gasteiger partial charge in [0.2, 0.25) is 10.0 Å². The zero-order chi connectivity index (χ0) is 27.0. The fourth-order valence-electron chi connectivity index (χ4n) is 4.21. The standard InChI is InChI=1S/C30H29N3O4S/c1-2-29(28-10-3-4-18-32-28)38(36,37)33(22-25-8-5-7-23(19-25)13-16-30(34)35)21-24-11-14-26(15-12-24)27-9-6-17-31-20-27/h2-12,14-15,17-20,29H,1,13,16,21-22H2,(H,34,35). The highest BCUT2D eigenvalue weighted by molar-refractivity contribution is 7.89. The highest BCUT2D eigenvalue weighted by Gasteiger charge is 2.32. The molecule has 1 N–H and O–H groups in total. The molecule has 2 heterocycles. The Kier molecular flexibility index (Phi) is 8.78. The maximum absolute atomic E-state index is 14.0. The topological polar surface area (TPSA) is 100 Å². The number of rotatable bonds is 12. The lowest BCUT2D eigenvalue weighted by atomic mass is 10.1. The Balaban J connectivity index is 1.65. The summed E-state index contributed by atoms with van der Waals surface area (Å²) in [5.74, 6) is -0.876. The van der Waals surface area contributed by atoms with Crippen molar-refractivity contribution in [3.8, 4) is 11.1 Å². The van der Waals surface area contributed by atoms with Gasteiger partial charge in [0.15, 0.2) is 0 Å². The fourth-order valence-corrected chi connectivity index (χ4v) is 5.88. The largest absolute Gasteiger partial charge is 0.481 e. The average molecular weight is 528 g/mol. The molecule has 194 valence electrons. The van der Waals surface area contributed by atoms with Crippen molar-refractivity contribution in [1.29, 1.82) is 0 Å². The van der Waals surface area contributed by atoms with Crippen LogP contribution in [0.1, 0.15) is 34.1 Å². The lowest BCUT2D eigenvalue weighted by molar-refractivity contribution is -0.136. The molecule has 0 aliphatic rings. The van der Waals surface area contributed by atoms with E-state index in [-0.39, 0.29) is 19.5 Å². The average Bonchev–Trinajstić information content (AvgIpc) is 2.93. The van der Waals surface area contributed by atoms with E-state index in [1.165, 1.54) is 10.4 Å². The summed E-state index contributed by atoms with van der Waals surface area (Å²) in [6.45, 7) is 4.05. The van der Waals surface area contributed by atoms with Crippen molar-refractivity contribution in [1.82, 2.24) is 14.3 Å². The maximum Gasteiger partial charge on any atom is 0.303 e. The predicted octanol–water partition coefficient (Wildman–Crippen LogP) is 5.42. The number of hydrogen-bond acceptors (Lipinski definition) is 5. The van der Waals surface area contributed by atoms with E-state index >= 15 is 0 Å². The van der Waals surface area contributed by atoms with Crippen molar-refractivity contribution in [2.45, 2.75) is 31.2 Å². The first-order chi connectivity index (χ1) is 18.4. The first-order valence-electron chi connectivity index (χ1n) is 12.2. The molecule has 8 heteroatoms. The minimum atomic E-state index is -3.91. The van der Waals surface area contributed by atoms with Gasteiger partial charge >= 0.3 is 5.97 Å². The van der Waals surface area contributed by atoms with Gasteiger partial charge in [0.05, 0.1) is 5.69 Å². The Bertz CT molecular complexity index is 1480. The lowest BCUT2D eigenvalue weighted by Crippen LogP contribution is -2.34. The number of pyridine rings is 2. The molecule has 38 heavy (non-hydrogen) atoms. The van der Waals surface area contributed by atoms with Gasteiger partial charge in [0, 0.05) is 38.1 Å². The van der Waals surface area contributed by atoms with Crippen LogP contribution in [0.2, 0.25) is 0 Å². The summed E-state index contributed by atoms with van der Waals surface area (Å²) < 4.78 is 29.4. The molecule has 0 saturated heterocycles. The maximum atomic E-state index is 14.0. The monoisotopic (exact) mass is 527 g/mol. The molecule has 0 spiro atoms. The summed E-state index contributed by atoms with van der Waals surface area (Å²) in [6.07, 6.45) is 6.84. The second-order valence-corrected chi connectivity index (χ2v) is 10.9. The Morgan fingerprint density at radius 3 is 2.32 bits per heavy atom. The highest BCUT2D eigenvalue weighted by atomic mass is 32.2. The van der Waals surface area contributed by atoms with Crippen molar-refractivity contribution >= 4 is 16.0 Å². The van der Waals surface area contributed by atoms with Crippen LogP contribution in [0.15, 0.2) is 110 Å². The Labute approximate surface area is 223 Å². The number of carbonyl (C=O) groups is 1. The lowest BCUT2D eigenvalue weighted by Gasteiger charge is -2.26. The van der Waals surface area contributed by atoms with Gasteiger partial charge in [-0.1, -0.05) is 66.7 Å². The van der Waals surface area contributed by atoms with E-state index in [0.717, 1.165) is 27.8 Å². The Morgan fingerprint density at radius 2 is 1.66 bits per heavy atom. The molecule has 4 aromatic rings. The molecule has 0 aliphatic heterocycles. The van der Waals surface area contributed by atoms with Crippen LogP contribution in [-0.2, 0) is 34.3 Å². The first kappa shape index (κ1) is 26.9. The summed E-state index contributed by atoms with van der Waals surface area (Å²) in [5.41, 5.74) is 4.80. The zero-order valence-corrected chi connectivity index (χ0v) is 21.7. The van der Waals surface area contributed by atoms with Crippen LogP contribution in [0.25, 0.3) is 11.1 Å². The van der Waals surface area contributed by atoms with Crippen molar-refractivity contribution in [2.24, 2.45) is 0 Å². The zero-order valence-electron chi connectivity index (χ0n) is 20.8. The van der Waals surface area contributed by atoms with E-state index in [0.29, 0.717) is 12.1 Å². The predicted molar refractivity (Wildman–Crippen MR) is 147 cm³/mol. The van der Waals surface area contributed by atoms with Crippen LogP contribution < -0.4 is 0 Å². The third kappa shape index (κ3) is 6.79. The normalized spacial score (nSPS) is 12.2. The molecule has 2 aromatic heterocycles. The van der Waals surface area contributed by atoms with Gasteiger partial charge in [-0.3, -0.25) is 14.8 Å². The fraction of sp³-hybridized carbons (Fsp3) is 0.167. The number of carboxylic acids is 1. The molecule has 1 atom stereocenters. The van der Waals surface area contributed by atoms with E-state index in [9.17, 15) is 13.2 Å². The third-order valence-corrected chi connectivity index (χ3v) is 8.21. The van der Waals surface area contributed by atoms with E-state index in [1.807, 2.05) is 60.7 Å². The molecule has 0 aliphatic carbocycles. The van der Waals surface area contributed by atoms with Crippen molar-refractivity contribution in [3.05, 3.63) is 132 Å². The number of aliphatic carboxylic acids is 1. The molecular weight excluding hydrogens is 498 g/mol. The number of carboxylic acid groups (broad SMARTS) is 1. The molecule has 2 aromatic carbocycles. The summed E-state index contributed by atoms with van der Waals surface area (Å²) in [6, 6.07) is 24.1. The molecule has 7 nitrogen and oxygen atoms in total. The van der Waals surface area contributed by atoms with Crippen LogP contribution >= 0.6 is 0 Å². The molecule has 0 bridgehead atoms. The molecule has 0 radical (unpaired) electrons. The highest BCUT2D eigenvalue weighted by Crippen LogP contribution is 2.29. The number of benzene rings is 2. The van der Waals surface area contributed by atoms with Gasteiger partial charge in [0.25, 0.3) is 0 Å². The SMILES string of the molecule is C=CC(c1ccccn1)S(=O)(=O)N(Cc1ccc(-c2cccnc2)cc1)Cc1cccc(CCC(=O)O)c1. The number of nitrogens with zero attached hydrogens (tertiary/aromatic N) is 3. The van der Waals surface area contributed by atoms with Crippen LogP contribution in [0.3, 0.4) is 0 Å². The molecule has 0 saturated carbocycles. The van der Waals surface area contributed by atoms with Gasteiger partial charge < -0.3 is 5.11 Å². The van der Waals surface area contributed by atoms with Crippen molar-refractivity contribution in [3.63, 3.8) is 0 Å². The van der Waals surface area contributed by atoms with Gasteiger partial charge in [-0.25, -0.2) is 8.42 Å². The van der Waals surface area contributed by atoms with Crippen molar-refractivity contribution < 1.29 is 18.3 Å². The van der Waals surface area contributed by atoms with Gasteiger partial charge in [0.1, 0.15) is 5.25 Å². The summed E-state index contributed by atoms with van der Waals surface area (Å²) >= 11 is 0. The quantitative estimate of drug-likeness (QED) is 0.247. The minimum absolute atomic E-state index is 0.00691. The Hall–Kier alpha value is -4.14. The molecular formula is C30H29N3O4S. The number of hydrogen-bond donors (Lipinski definition) is 1. The van der Waals surface area contributed by atoms with Crippen LogP contribution in [-0.4, -0.2) is 33.8 Å². The molecule has 0 fully saturated rings. The van der Waals surface area contributed by atoms with Crippen LogP contribution in [0, 0.1) is 0 Å². The van der Waals surface area contributed by atoms with E-state index in [1.54, 1.807) is 36.8 Å². The van der Waals surface area contributed by atoms with Crippen LogP contribution in [0.5, 0.6) is 0 Å². The number of aromatic nitrogens is 2. The number of aryl methyl sites for hydroxylation is 1. The smallest absolute Gasteiger partial charge is 0.303 e. The second kappa shape index (κ2) is 12.4. The molecule has 4 rings (SSSR count). The third-order valence-electron chi connectivity index (χ3n) is 6.16. The number of sulfonamides is 1. The second-order valence-electron chi connectivity index (χ2n) is 8.88. The Morgan fingerprint density at radius 1 is 0.895 bits per heavy atom. The van der Waals surface area contributed by atoms with E-state index in [2.05, 4.69) is 16.5 Å². The van der Waals surface area contributed by atoms with Crippen LogP contribution in [0.4, 0.5) is 0 Å². The van der Waals surface area contributed by atoms with Gasteiger partial charge in [-0.15, -0.1) is 6.58 Å². The summed E-state index contributed by atoms with van der Waals surface area (Å²) in [7, 11) is -3.91. The van der Waals surface area contributed by atoms with E-state index < -0.39 is 21.2 Å². The molecule has 1 unspecified atom stereocenters. The molecule has 0 amide bonds. The first-order valence-corrected chi connectivity index (χ1v) is 13.7. The minimum Gasteiger partial charge on any atom is -0.481 e.